The second-order valence-electron chi connectivity index (χ2n) is 5.10. The van der Waals surface area contributed by atoms with E-state index < -0.39 is 46.4 Å². The molecule has 3 nitrogen and oxygen atoms in total. The van der Waals surface area contributed by atoms with Crippen molar-refractivity contribution >= 4 is 17.5 Å². The molecule has 1 aliphatic heterocycles. The Balaban J connectivity index is 2.39. The van der Waals surface area contributed by atoms with E-state index in [1.807, 2.05) is 0 Å². The first kappa shape index (κ1) is 17.0. The normalized spacial score (nSPS) is 22.8. The van der Waals surface area contributed by atoms with E-state index in [-0.39, 0.29) is 19.4 Å². The van der Waals surface area contributed by atoms with Crippen molar-refractivity contribution in [3.63, 3.8) is 0 Å². The maximum atomic E-state index is 13.2. The van der Waals surface area contributed by atoms with Crippen LogP contribution in [0.25, 0.3) is 0 Å². The van der Waals surface area contributed by atoms with Crippen LogP contribution in [0.15, 0.2) is 12.1 Å². The number of halogens is 6. The molecule has 1 aliphatic rings. The van der Waals surface area contributed by atoms with Gasteiger partial charge in [0.05, 0.1) is 10.6 Å². The van der Waals surface area contributed by atoms with Gasteiger partial charge in [-0.3, -0.25) is 4.79 Å². The van der Waals surface area contributed by atoms with Gasteiger partial charge in [0.25, 0.3) is 5.91 Å². The van der Waals surface area contributed by atoms with Gasteiger partial charge in [0.1, 0.15) is 6.04 Å². The van der Waals surface area contributed by atoms with Crippen LogP contribution in [0.1, 0.15) is 23.2 Å². The summed E-state index contributed by atoms with van der Waals surface area (Å²) >= 11 is 5.65. The van der Waals surface area contributed by atoms with Crippen molar-refractivity contribution in [2.45, 2.75) is 31.1 Å². The maximum Gasteiger partial charge on any atom is 0.408 e. The Labute approximate surface area is 127 Å². The van der Waals surface area contributed by atoms with Gasteiger partial charge in [-0.25, -0.2) is 8.78 Å². The molecule has 1 saturated heterocycles. The van der Waals surface area contributed by atoms with Crippen molar-refractivity contribution in [2.75, 3.05) is 6.54 Å². The lowest BCUT2D eigenvalue weighted by molar-refractivity contribution is -0.184. The van der Waals surface area contributed by atoms with Crippen LogP contribution in [0.4, 0.5) is 22.0 Å². The van der Waals surface area contributed by atoms with E-state index in [1.54, 1.807) is 0 Å². The lowest BCUT2D eigenvalue weighted by Gasteiger charge is -2.39. The highest BCUT2D eigenvalue weighted by Gasteiger charge is 2.48. The van der Waals surface area contributed by atoms with E-state index in [2.05, 4.69) is 0 Å². The quantitative estimate of drug-likeness (QED) is 0.629. The number of carbonyl (C=O) groups is 1. The molecule has 2 atom stereocenters. The minimum absolute atomic E-state index is 0.111. The fraction of sp³-hybridized carbons (Fsp3) is 0.462. The van der Waals surface area contributed by atoms with E-state index in [4.69, 9.17) is 17.3 Å². The van der Waals surface area contributed by atoms with E-state index in [9.17, 15) is 26.7 Å². The minimum atomic E-state index is -4.64. The van der Waals surface area contributed by atoms with Crippen LogP contribution in [0.2, 0.25) is 5.02 Å². The first-order valence-electron chi connectivity index (χ1n) is 6.39. The summed E-state index contributed by atoms with van der Waals surface area (Å²) in [6.07, 6.45) is -4.88. The van der Waals surface area contributed by atoms with Crippen LogP contribution < -0.4 is 5.73 Å². The number of hydrogen-bond donors (Lipinski definition) is 1. The molecular weight excluding hydrogens is 331 g/mol. The fourth-order valence-electron chi connectivity index (χ4n) is 2.40. The number of likely N-dealkylation sites (tertiary alicyclic amines) is 1. The number of rotatable bonds is 1. The number of carbonyl (C=O) groups excluding carboxylic acids is 1. The van der Waals surface area contributed by atoms with Gasteiger partial charge in [0.2, 0.25) is 0 Å². The molecule has 0 saturated carbocycles. The maximum absolute atomic E-state index is 13.2. The van der Waals surface area contributed by atoms with Crippen molar-refractivity contribution in [2.24, 2.45) is 5.73 Å². The molecule has 2 rings (SSSR count). The summed E-state index contributed by atoms with van der Waals surface area (Å²) in [7, 11) is 0. The Kier molecular flexibility index (Phi) is 4.62. The lowest BCUT2D eigenvalue weighted by Crippen LogP contribution is -2.56. The standard InChI is InChI=1S/C13H12ClF5N2O/c14-8-4-10(16)9(15)3-7(8)12(22)21-5-6(20)1-2-11(21)13(17,18)19/h3-4,6,11H,1-2,5,20H2/t6-,11-/m0/s1. The molecule has 9 heteroatoms. The van der Waals surface area contributed by atoms with Gasteiger partial charge in [0, 0.05) is 12.6 Å². The summed E-state index contributed by atoms with van der Waals surface area (Å²) in [4.78, 5) is 12.8. The van der Waals surface area contributed by atoms with Crippen LogP contribution in [0.3, 0.4) is 0 Å². The third kappa shape index (κ3) is 3.33. The summed E-state index contributed by atoms with van der Waals surface area (Å²) in [5.41, 5.74) is 5.09. The molecule has 122 valence electrons. The summed E-state index contributed by atoms with van der Waals surface area (Å²) in [5, 5.41) is -0.455. The molecular formula is C13H12ClF5N2O. The Morgan fingerprint density at radius 1 is 1.23 bits per heavy atom. The zero-order valence-corrected chi connectivity index (χ0v) is 11.9. The summed E-state index contributed by atoms with van der Waals surface area (Å²) in [6, 6.07) is -1.60. The summed E-state index contributed by atoms with van der Waals surface area (Å²) in [6.45, 7) is -0.335. The van der Waals surface area contributed by atoms with Crippen molar-refractivity contribution in [1.82, 2.24) is 4.90 Å². The number of benzene rings is 1. The lowest BCUT2D eigenvalue weighted by atomic mass is 9.97. The Bertz CT molecular complexity index is 593. The van der Waals surface area contributed by atoms with Gasteiger partial charge in [-0.15, -0.1) is 0 Å². The predicted molar refractivity (Wildman–Crippen MR) is 69.5 cm³/mol. The van der Waals surface area contributed by atoms with Gasteiger partial charge < -0.3 is 10.6 Å². The average Bonchev–Trinajstić information content (AvgIpc) is 2.40. The number of piperidine rings is 1. The van der Waals surface area contributed by atoms with Crippen molar-refractivity contribution < 1.29 is 26.7 Å². The molecule has 22 heavy (non-hydrogen) atoms. The molecule has 0 unspecified atom stereocenters. The number of nitrogens with two attached hydrogens (primary N) is 1. The number of alkyl halides is 3. The second kappa shape index (κ2) is 6.00. The first-order chi connectivity index (χ1) is 10.1. The van der Waals surface area contributed by atoms with Crippen LogP contribution in [-0.4, -0.2) is 35.6 Å². The molecule has 1 amide bonds. The predicted octanol–water partition coefficient (Wildman–Crippen LogP) is 3.11. The van der Waals surface area contributed by atoms with Crippen LogP contribution in [-0.2, 0) is 0 Å². The Morgan fingerprint density at radius 3 is 2.41 bits per heavy atom. The number of amides is 1. The molecule has 1 aromatic rings. The fourth-order valence-corrected chi connectivity index (χ4v) is 2.64. The smallest absolute Gasteiger partial charge is 0.326 e. The number of nitrogens with zero attached hydrogens (tertiary/aromatic N) is 1. The zero-order valence-electron chi connectivity index (χ0n) is 11.1. The van der Waals surface area contributed by atoms with Crippen molar-refractivity contribution in [3.8, 4) is 0 Å². The highest BCUT2D eigenvalue weighted by atomic mass is 35.5. The monoisotopic (exact) mass is 342 g/mol. The summed E-state index contributed by atoms with van der Waals surface area (Å²) in [5.74, 6) is -3.77. The summed E-state index contributed by atoms with van der Waals surface area (Å²) < 4.78 is 65.4. The Morgan fingerprint density at radius 2 is 1.82 bits per heavy atom. The highest BCUT2D eigenvalue weighted by Crippen LogP contribution is 2.33. The highest BCUT2D eigenvalue weighted by molar-refractivity contribution is 6.33. The third-order valence-corrected chi connectivity index (χ3v) is 3.81. The molecule has 0 bridgehead atoms. The second-order valence-corrected chi connectivity index (χ2v) is 5.51. The van der Waals surface area contributed by atoms with Crippen LogP contribution in [0, 0.1) is 11.6 Å². The molecule has 0 aromatic heterocycles. The molecule has 0 aliphatic carbocycles. The van der Waals surface area contributed by atoms with Crippen molar-refractivity contribution in [3.05, 3.63) is 34.4 Å². The molecule has 0 spiro atoms. The minimum Gasteiger partial charge on any atom is -0.326 e. The first-order valence-corrected chi connectivity index (χ1v) is 6.77. The SMILES string of the molecule is N[C@H]1CC[C@@H](C(F)(F)F)N(C(=O)c2cc(F)c(F)cc2Cl)C1. The molecule has 1 heterocycles. The van der Waals surface area contributed by atoms with Crippen LogP contribution in [0.5, 0.6) is 0 Å². The van der Waals surface area contributed by atoms with E-state index in [0.29, 0.717) is 17.0 Å². The topological polar surface area (TPSA) is 46.3 Å². The molecule has 1 aromatic carbocycles. The van der Waals surface area contributed by atoms with Gasteiger partial charge in [-0.1, -0.05) is 11.6 Å². The molecule has 2 N–H and O–H groups in total. The zero-order chi connectivity index (χ0) is 16.7. The molecule has 0 radical (unpaired) electrons. The van der Waals surface area contributed by atoms with Crippen molar-refractivity contribution in [1.29, 1.82) is 0 Å². The third-order valence-electron chi connectivity index (χ3n) is 3.50. The Hall–Kier alpha value is -1.41. The van der Waals surface area contributed by atoms with E-state index >= 15 is 0 Å². The largest absolute Gasteiger partial charge is 0.408 e. The van der Waals surface area contributed by atoms with E-state index in [1.165, 1.54) is 0 Å². The molecule has 1 fully saturated rings. The van der Waals surface area contributed by atoms with Gasteiger partial charge in [-0.2, -0.15) is 13.2 Å². The van der Waals surface area contributed by atoms with E-state index in [0.717, 1.165) is 0 Å². The number of hydrogen-bond acceptors (Lipinski definition) is 2. The van der Waals surface area contributed by atoms with Gasteiger partial charge >= 0.3 is 6.18 Å². The van der Waals surface area contributed by atoms with Gasteiger partial charge in [-0.05, 0) is 25.0 Å². The van der Waals surface area contributed by atoms with Crippen LogP contribution >= 0.6 is 11.6 Å². The van der Waals surface area contributed by atoms with Gasteiger partial charge in [0.15, 0.2) is 11.6 Å². The average molecular weight is 343 g/mol.